The van der Waals surface area contributed by atoms with Crippen molar-refractivity contribution in [2.24, 2.45) is 5.92 Å². The van der Waals surface area contributed by atoms with E-state index in [4.69, 9.17) is 4.74 Å². The van der Waals surface area contributed by atoms with Gasteiger partial charge in [-0.25, -0.2) is 8.78 Å². The molecule has 5 nitrogen and oxygen atoms in total. The maximum Gasteiger partial charge on any atom is 0.268 e. The van der Waals surface area contributed by atoms with Gasteiger partial charge in [0.2, 0.25) is 0 Å². The van der Waals surface area contributed by atoms with Gasteiger partial charge in [-0.05, 0) is 31.9 Å². The van der Waals surface area contributed by atoms with Gasteiger partial charge in [0.15, 0.2) is 0 Å². The number of carbonyl (C=O) groups excluding carboxylic acids is 1. The summed E-state index contributed by atoms with van der Waals surface area (Å²) >= 11 is 0. The third kappa shape index (κ3) is 4.45. The number of hydrogen-bond donors (Lipinski definition) is 1. The Labute approximate surface area is 170 Å². The van der Waals surface area contributed by atoms with Crippen LogP contribution in [0.4, 0.5) is 14.5 Å². The molecule has 0 radical (unpaired) electrons. The largest absolute Gasteiger partial charge is 0.378 e. The molecule has 1 fully saturated rings. The van der Waals surface area contributed by atoms with Gasteiger partial charge in [-0.1, -0.05) is 19.9 Å². The second-order valence-corrected chi connectivity index (χ2v) is 7.90. The molecule has 0 spiro atoms. The molecule has 0 aliphatic carbocycles. The molecule has 0 bridgehead atoms. The van der Waals surface area contributed by atoms with Crippen molar-refractivity contribution < 1.29 is 18.3 Å². The number of amides is 1. The molecular formula is C22H29F2N3O2. The maximum atomic E-state index is 14.3. The highest BCUT2D eigenvalue weighted by Gasteiger charge is 2.27. The number of nitrogens with zero attached hydrogens (tertiary/aromatic N) is 2. The Morgan fingerprint density at radius 3 is 2.38 bits per heavy atom. The van der Waals surface area contributed by atoms with E-state index in [9.17, 15) is 13.6 Å². The summed E-state index contributed by atoms with van der Waals surface area (Å²) < 4.78 is 35.9. The van der Waals surface area contributed by atoms with Crippen LogP contribution >= 0.6 is 0 Å². The summed E-state index contributed by atoms with van der Waals surface area (Å²) in [7, 11) is 0. The van der Waals surface area contributed by atoms with E-state index in [1.165, 1.54) is 18.2 Å². The summed E-state index contributed by atoms with van der Waals surface area (Å²) in [6.07, 6.45) is 0. The second-order valence-electron chi connectivity index (χ2n) is 7.90. The Balaban J connectivity index is 2.07. The van der Waals surface area contributed by atoms with Crippen molar-refractivity contribution in [3.63, 3.8) is 0 Å². The molecule has 0 saturated carbocycles. The van der Waals surface area contributed by atoms with Gasteiger partial charge in [0.1, 0.15) is 17.3 Å². The fourth-order valence-electron chi connectivity index (χ4n) is 3.85. The third-order valence-corrected chi connectivity index (χ3v) is 5.32. The molecule has 1 saturated heterocycles. The first-order chi connectivity index (χ1) is 13.8. The number of aromatic nitrogens is 1. The number of anilines is 1. The molecule has 158 valence electrons. The quantitative estimate of drug-likeness (QED) is 0.798. The lowest BCUT2D eigenvalue weighted by molar-refractivity contribution is 0.0939. The Morgan fingerprint density at radius 2 is 1.79 bits per heavy atom. The summed E-state index contributed by atoms with van der Waals surface area (Å²) in [5.41, 5.74) is 2.99. The topological polar surface area (TPSA) is 46.5 Å². The van der Waals surface area contributed by atoms with E-state index in [1.54, 1.807) is 4.57 Å². The minimum Gasteiger partial charge on any atom is -0.378 e. The van der Waals surface area contributed by atoms with Crippen LogP contribution in [0.2, 0.25) is 0 Å². The standard InChI is InChI=1S/C22H29F2N3O2/c1-14(2)12-25-22(28)21-15(3)20(26-8-10-29-11-9-26)16(4)27(21)13-17-18(23)6-5-7-19(17)24/h5-7,14H,8-13H2,1-4H3,(H,25,28). The Kier molecular flexibility index (Phi) is 6.57. The van der Waals surface area contributed by atoms with E-state index in [1.807, 2.05) is 27.7 Å². The fourth-order valence-corrected chi connectivity index (χ4v) is 3.85. The molecule has 0 unspecified atom stereocenters. The van der Waals surface area contributed by atoms with Crippen molar-refractivity contribution in [1.82, 2.24) is 9.88 Å². The highest BCUT2D eigenvalue weighted by atomic mass is 19.1. The van der Waals surface area contributed by atoms with Crippen molar-refractivity contribution in [2.75, 3.05) is 37.7 Å². The second kappa shape index (κ2) is 8.95. The predicted molar refractivity (Wildman–Crippen MR) is 110 cm³/mol. The predicted octanol–water partition coefficient (Wildman–Crippen LogP) is 3.65. The molecule has 1 aromatic carbocycles. The van der Waals surface area contributed by atoms with Crippen LogP contribution in [-0.4, -0.2) is 43.3 Å². The first kappa shape index (κ1) is 21.3. The number of hydrogen-bond acceptors (Lipinski definition) is 3. The van der Waals surface area contributed by atoms with Crippen molar-refractivity contribution in [3.05, 3.63) is 52.3 Å². The fraction of sp³-hybridized carbons (Fsp3) is 0.500. The van der Waals surface area contributed by atoms with Crippen molar-refractivity contribution in [3.8, 4) is 0 Å². The molecule has 0 atom stereocenters. The van der Waals surface area contributed by atoms with Crippen molar-refractivity contribution in [1.29, 1.82) is 0 Å². The zero-order valence-electron chi connectivity index (χ0n) is 17.5. The van der Waals surface area contributed by atoms with E-state index in [2.05, 4.69) is 10.2 Å². The van der Waals surface area contributed by atoms with Gasteiger partial charge in [-0.3, -0.25) is 4.79 Å². The van der Waals surface area contributed by atoms with Gasteiger partial charge in [0.05, 0.1) is 25.4 Å². The lowest BCUT2D eigenvalue weighted by Gasteiger charge is -2.29. The average Bonchev–Trinajstić information content (AvgIpc) is 2.93. The summed E-state index contributed by atoms with van der Waals surface area (Å²) in [4.78, 5) is 15.2. The number of ether oxygens (including phenoxy) is 1. The highest BCUT2D eigenvalue weighted by Crippen LogP contribution is 2.32. The molecule has 2 heterocycles. The minimum atomic E-state index is -0.614. The third-order valence-electron chi connectivity index (χ3n) is 5.32. The van der Waals surface area contributed by atoms with Crippen LogP contribution in [0.5, 0.6) is 0 Å². The van der Waals surface area contributed by atoms with Crippen LogP contribution in [-0.2, 0) is 11.3 Å². The first-order valence-corrected chi connectivity index (χ1v) is 10.0. The SMILES string of the molecule is Cc1c(N2CCOCC2)c(C)n(Cc2c(F)cccc2F)c1C(=O)NCC(C)C. The van der Waals surface area contributed by atoms with Crippen molar-refractivity contribution >= 4 is 11.6 Å². The maximum absolute atomic E-state index is 14.3. The average molecular weight is 405 g/mol. The van der Waals surface area contributed by atoms with Crippen LogP contribution in [0.25, 0.3) is 0 Å². The molecule has 29 heavy (non-hydrogen) atoms. The summed E-state index contributed by atoms with van der Waals surface area (Å²) in [5, 5.41) is 2.95. The molecule has 1 N–H and O–H groups in total. The lowest BCUT2D eigenvalue weighted by Crippen LogP contribution is -2.36. The minimum absolute atomic E-state index is 0.0417. The highest BCUT2D eigenvalue weighted by molar-refractivity contribution is 5.96. The van der Waals surface area contributed by atoms with Gasteiger partial charge in [0, 0.05) is 36.5 Å². The van der Waals surface area contributed by atoms with Gasteiger partial charge in [0.25, 0.3) is 5.91 Å². The number of nitrogens with one attached hydrogen (secondary N) is 1. The van der Waals surface area contributed by atoms with E-state index in [0.29, 0.717) is 44.5 Å². The Hall–Kier alpha value is -2.41. The number of benzene rings is 1. The Morgan fingerprint density at radius 1 is 1.17 bits per heavy atom. The van der Waals surface area contributed by atoms with Gasteiger partial charge in [-0.15, -0.1) is 0 Å². The van der Waals surface area contributed by atoms with E-state index in [-0.39, 0.29) is 18.0 Å². The molecule has 1 aliphatic heterocycles. The van der Waals surface area contributed by atoms with Crippen LogP contribution in [0, 0.1) is 31.4 Å². The van der Waals surface area contributed by atoms with Crippen molar-refractivity contribution in [2.45, 2.75) is 34.2 Å². The van der Waals surface area contributed by atoms with E-state index in [0.717, 1.165) is 16.9 Å². The zero-order valence-corrected chi connectivity index (χ0v) is 17.5. The number of carbonyl (C=O) groups is 1. The van der Waals surface area contributed by atoms with Gasteiger partial charge >= 0.3 is 0 Å². The number of morpholine rings is 1. The Bertz CT molecular complexity index is 866. The molecule has 1 aromatic heterocycles. The molecular weight excluding hydrogens is 376 g/mol. The molecule has 7 heteroatoms. The van der Waals surface area contributed by atoms with Crippen LogP contribution in [0.1, 0.15) is 41.2 Å². The zero-order chi connectivity index (χ0) is 21.1. The molecule has 1 aliphatic rings. The molecule has 3 rings (SSSR count). The van der Waals surface area contributed by atoms with Crippen LogP contribution in [0.3, 0.4) is 0 Å². The molecule has 2 aromatic rings. The number of halogens is 2. The summed E-state index contributed by atoms with van der Waals surface area (Å²) in [6.45, 7) is 11.0. The number of rotatable bonds is 6. The van der Waals surface area contributed by atoms with Gasteiger partial charge < -0.3 is 19.5 Å². The summed E-state index contributed by atoms with van der Waals surface area (Å²) in [6, 6.07) is 3.83. The molecule has 1 amide bonds. The normalized spacial score (nSPS) is 14.5. The lowest BCUT2D eigenvalue weighted by atomic mass is 10.1. The smallest absolute Gasteiger partial charge is 0.268 e. The van der Waals surface area contributed by atoms with Crippen LogP contribution in [0.15, 0.2) is 18.2 Å². The monoisotopic (exact) mass is 405 g/mol. The van der Waals surface area contributed by atoms with Crippen LogP contribution < -0.4 is 10.2 Å². The first-order valence-electron chi connectivity index (χ1n) is 10.0. The summed E-state index contributed by atoms with van der Waals surface area (Å²) in [5.74, 6) is -1.16. The van der Waals surface area contributed by atoms with E-state index >= 15 is 0 Å². The van der Waals surface area contributed by atoms with Gasteiger partial charge in [-0.2, -0.15) is 0 Å². The van der Waals surface area contributed by atoms with E-state index < -0.39 is 11.6 Å².